The molecule has 1 unspecified atom stereocenters. The van der Waals surface area contributed by atoms with Crippen molar-refractivity contribution in [3.05, 3.63) is 94.5 Å². The second-order valence-electron chi connectivity index (χ2n) is 8.59. The van der Waals surface area contributed by atoms with Crippen molar-refractivity contribution in [1.82, 2.24) is 0 Å². The molecule has 0 aromatic heterocycles. The first-order chi connectivity index (χ1) is 15.1. The Labute approximate surface area is 190 Å². The smallest absolute Gasteiger partial charge is 0.258 e. The molecular formula is C26H28N2O3S. The second-order valence-corrected chi connectivity index (χ2v) is 10.5. The van der Waals surface area contributed by atoms with E-state index in [-0.39, 0.29) is 18.5 Å². The van der Waals surface area contributed by atoms with Gasteiger partial charge in [0.2, 0.25) is 10.0 Å². The monoisotopic (exact) mass is 448 g/mol. The number of amides is 1. The summed E-state index contributed by atoms with van der Waals surface area (Å²) in [5, 5.41) is 0. The van der Waals surface area contributed by atoms with Crippen molar-refractivity contribution in [1.29, 1.82) is 0 Å². The minimum absolute atomic E-state index is 0.0388. The Morgan fingerprint density at radius 1 is 1.00 bits per heavy atom. The van der Waals surface area contributed by atoms with Gasteiger partial charge in [-0.1, -0.05) is 36.4 Å². The maximum absolute atomic E-state index is 13.2. The molecule has 5 nitrogen and oxygen atoms in total. The molecule has 0 radical (unpaired) electrons. The van der Waals surface area contributed by atoms with E-state index in [9.17, 15) is 13.2 Å². The summed E-state index contributed by atoms with van der Waals surface area (Å²) in [6, 6.07) is 21.0. The zero-order valence-corrected chi connectivity index (χ0v) is 19.7. The van der Waals surface area contributed by atoms with E-state index < -0.39 is 10.0 Å². The molecule has 0 saturated heterocycles. The Balaban J connectivity index is 1.58. The number of carbonyl (C=O) groups is 1. The number of para-hydroxylation sites is 1. The molecular weight excluding hydrogens is 420 g/mol. The predicted octanol–water partition coefficient (Wildman–Crippen LogP) is 4.86. The lowest BCUT2D eigenvalue weighted by Gasteiger charge is -2.24. The van der Waals surface area contributed by atoms with Crippen molar-refractivity contribution >= 4 is 27.3 Å². The molecule has 6 heteroatoms. The van der Waals surface area contributed by atoms with Gasteiger partial charge in [-0.05, 0) is 79.8 Å². The SMILES string of the molecule is Cc1ccc(N(Cc2ccc(C(=O)N3c4ccccc4CC3C)cc2)S(C)(=O)=O)cc1C. The summed E-state index contributed by atoms with van der Waals surface area (Å²) < 4.78 is 26.4. The van der Waals surface area contributed by atoms with Crippen LogP contribution in [0.3, 0.4) is 0 Å². The number of hydrogen-bond acceptors (Lipinski definition) is 3. The van der Waals surface area contributed by atoms with Gasteiger partial charge in [-0.25, -0.2) is 8.42 Å². The van der Waals surface area contributed by atoms with Gasteiger partial charge in [0, 0.05) is 17.3 Å². The molecule has 3 aromatic rings. The summed E-state index contributed by atoms with van der Waals surface area (Å²) in [4.78, 5) is 15.1. The summed E-state index contributed by atoms with van der Waals surface area (Å²) in [6.07, 6.45) is 2.06. The number of aryl methyl sites for hydroxylation is 2. The molecule has 4 rings (SSSR count). The van der Waals surface area contributed by atoms with Crippen LogP contribution in [0.2, 0.25) is 0 Å². The molecule has 0 fully saturated rings. The van der Waals surface area contributed by atoms with Gasteiger partial charge in [0.25, 0.3) is 5.91 Å². The van der Waals surface area contributed by atoms with E-state index >= 15 is 0 Å². The molecule has 0 N–H and O–H groups in total. The fourth-order valence-corrected chi connectivity index (χ4v) is 5.09. The van der Waals surface area contributed by atoms with Gasteiger partial charge < -0.3 is 4.90 Å². The first-order valence-corrected chi connectivity index (χ1v) is 12.6. The highest BCUT2D eigenvalue weighted by Gasteiger charge is 2.31. The fourth-order valence-electron chi connectivity index (χ4n) is 4.21. The Kier molecular flexibility index (Phi) is 5.82. The highest BCUT2D eigenvalue weighted by atomic mass is 32.2. The Morgan fingerprint density at radius 3 is 2.34 bits per heavy atom. The predicted molar refractivity (Wildman–Crippen MR) is 130 cm³/mol. The highest BCUT2D eigenvalue weighted by molar-refractivity contribution is 7.92. The molecule has 1 atom stereocenters. The minimum Gasteiger partial charge on any atom is -0.305 e. The van der Waals surface area contributed by atoms with Crippen LogP contribution in [0.25, 0.3) is 0 Å². The Morgan fingerprint density at radius 2 is 1.69 bits per heavy atom. The number of fused-ring (bicyclic) bond motifs is 1. The number of rotatable bonds is 5. The van der Waals surface area contributed by atoms with Crippen LogP contribution in [0, 0.1) is 13.8 Å². The lowest BCUT2D eigenvalue weighted by atomic mass is 10.1. The van der Waals surface area contributed by atoms with Crippen LogP contribution in [0.1, 0.15) is 39.5 Å². The lowest BCUT2D eigenvalue weighted by Crippen LogP contribution is -2.35. The van der Waals surface area contributed by atoms with E-state index in [1.807, 2.05) is 67.3 Å². The minimum atomic E-state index is -3.47. The van der Waals surface area contributed by atoms with Crippen LogP contribution in [-0.2, 0) is 23.0 Å². The topological polar surface area (TPSA) is 57.7 Å². The standard InChI is InChI=1S/C26H28N2O3S/c1-18-9-14-24(15-19(18)2)27(32(4,30)31)17-21-10-12-22(13-11-21)26(29)28-20(3)16-23-7-5-6-8-25(23)28/h5-15,20H,16-17H2,1-4H3. The van der Waals surface area contributed by atoms with Gasteiger partial charge in [-0.3, -0.25) is 9.10 Å². The summed E-state index contributed by atoms with van der Waals surface area (Å²) in [5.74, 6) is -0.0388. The molecule has 0 spiro atoms. The van der Waals surface area contributed by atoms with E-state index in [4.69, 9.17) is 0 Å². The zero-order valence-electron chi connectivity index (χ0n) is 18.9. The van der Waals surface area contributed by atoms with Crippen LogP contribution < -0.4 is 9.21 Å². The van der Waals surface area contributed by atoms with Crippen molar-refractivity contribution in [2.45, 2.75) is 39.8 Å². The van der Waals surface area contributed by atoms with Gasteiger partial charge in [0.05, 0.1) is 18.5 Å². The number of nitrogens with zero attached hydrogens (tertiary/aromatic N) is 2. The number of sulfonamides is 1. The van der Waals surface area contributed by atoms with E-state index in [1.165, 1.54) is 16.1 Å². The van der Waals surface area contributed by atoms with Crippen molar-refractivity contribution < 1.29 is 13.2 Å². The van der Waals surface area contributed by atoms with Crippen molar-refractivity contribution in [2.24, 2.45) is 0 Å². The zero-order chi connectivity index (χ0) is 23.0. The quantitative estimate of drug-likeness (QED) is 0.560. The van der Waals surface area contributed by atoms with Crippen molar-refractivity contribution in [2.75, 3.05) is 15.5 Å². The van der Waals surface area contributed by atoms with Crippen molar-refractivity contribution in [3.8, 4) is 0 Å². The maximum Gasteiger partial charge on any atom is 0.258 e. The lowest BCUT2D eigenvalue weighted by molar-refractivity contribution is 0.0981. The average molecular weight is 449 g/mol. The van der Waals surface area contributed by atoms with Gasteiger partial charge in [0.15, 0.2) is 0 Å². The van der Waals surface area contributed by atoms with Gasteiger partial charge >= 0.3 is 0 Å². The fraction of sp³-hybridized carbons (Fsp3) is 0.269. The Hall–Kier alpha value is -3.12. The van der Waals surface area contributed by atoms with Gasteiger partial charge in [-0.2, -0.15) is 0 Å². The summed E-state index contributed by atoms with van der Waals surface area (Å²) in [6.45, 7) is 6.23. The molecule has 0 bridgehead atoms. The number of benzene rings is 3. The molecule has 0 saturated carbocycles. The first kappa shape index (κ1) is 22.1. The average Bonchev–Trinajstić information content (AvgIpc) is 3.09. The summed E-state index contributed by atoms with van der Waals surface area (Å²) in [5.41, 5.74) is 6.35. The van der Waals surface area contributed by atoms with Crippen LogP contribution in [-0.4, -0.2) is 26.6 Å². The highest BCUT2D eigenvalue weighted by Crippen LogP contribution is 2.33. The third-order valence-electron chi connectivity index (χ3n) is 6.13. The third kappa shape index (κ3) is 4.28. The van der Waals surface area contributed by atoms with Crippen LogP contribution in [0.15, 0.2) is 66.7 Å². The van der Waals surface area contributed by atoms with Crippen LogP contribution in [0.5, 0.6) is 0 Å². The Bertz CT molecular complexity index is 1270. The molecule has 3 aromatic carbocycles. The van der Waals surface area contributed by atoms with Crippen LogP contribution in [0.4, 0.5) is 11.4 Å². The normalized spacial score (nSPS) is 15.5. The third-order valence-corrected chi connectivity index (χ3v) is 7.27. The maximum atomic E-state index is 13.2. The molecule has 1 aliphatic rings. The second kappa shape index (κ2) is 8.43. The molecule has 0 aliphatic carbocycles. The molecule has 1 aliphatic heterocycles. The van der Waals surface area contributed by atoms with E-state index in [2.05, 4.69) is 13.0 Å². The number of hydrogen-bond donors (Lipinski definition) is 0. The number of anilines is 2. The molecule has 1 heterocycles. The van der Waals surface area contributed by atoms with Crippen LogP contribution >= 0.6 is 0 Å². The summed E-state index contributed by atoms with van der Waals surface area (Å²) in [7, 11) is -3.47. The first-order valence-electron chi connectivity index (χ1n) is 10.7. The van der Waals surface area contributed by atoms with E-state index in [0.29, 0.717) is 11.3 Å². The van der Waals surface area contributed by atoms with Gasteiger partial charge in [-0.15, -0.1) is 0 Å². The van der Waals surface area contributed by atoms with Crippen molar-refractivity contribution in [3.63, 3.8) is 0 Å². The molecule has 166 valence electrons. The summed E-state index contributed by atoms with van der Waals surface area (Å²) >= 11 is 0. The number of carbonyl (C=O) groups excluding carboxylic acids is 1. The largest absolute Gasteiger partial charge is 0.305 e. The molecule has 1 amide bonds. The van der Waals surface area contributed by atoms with E-state index in [0.717, 1.165) is 28.8 Å². The van der Waals surface area contributed by atoms with Gasteiger partial charge in [0.1, 0.15) is 0 Å². The van der Waals surface area contributed by atoms with E-state index in [1.54, 1.807) is 12.1 Å². The molecule has 32 heavy (non-hydrogen) atoms.